The molecule has 0 amide bonds. The summed E-state index contributed by atoms with van der Waals surface area (Å²) in [6, 6.07) is 5.39. The lowest BCUT2D eigenvalue weighted by Crippen LogP contribution is -2.28. The molecule has 0 unspecified atom stereocenters. The van der Waals surface area contributed by atoms with Crippen molar-refractivity contribution in [2.45, 2.75) is 39.0 Å². The van der Waals surface area contributed by atoms with Crippen LogP contribution in [-0.2, 0) is 6.42 Å². The van der Waals surface area contributed by atoms with Gasteiger partial charge in [0.05, 0.1) is 13.2 Å². The van der Waals surface area contributed by atoms with Gasteiger partial charge in [-0.15, -0.1) is 0 Å². The molecular formula is C22H28ClN3O4. The van der Waals surface area contributed by atoms with Gasteiger partial charge in [0.2, 0.25) is 0 Å². The highest BCUT2D eigenvalue weighted by Gasteiger charge is 2.24. The van der Waals surface area contributed by atoms with E-state index in [-0.39, 0.29) is 17.3 Å². The van der Waals surface area contributed by atoms with Gasteiger partial charge in [0.15, 0.2) is 0 Å². The smallest absolute Gasteiger partial charge is 0.339 e. The number of piperidine rings is 1. The lowest BCUT2D eigenvalue weighted by Gasteiger charge is -2.25. The van der Waals surface area contributed by atoms with Crippen molar-refractivity contribution >= 4 is 23.4 Å². The van der Waals surface area contributed by atoms with Crippen molar-refractivity contribution in [2.75, 3.05) is 32.0 Å². The fourth-order valence-corrected chi connectivity index (χ4v) is 4.03. The van der Waals surface area contributed by atoms with Crippen LogP contribution < -0.4 is 20.5 Å². The Labute approximate surface area is 181 Å². The Morgan fingerprint density at radius 2 is 1.80 bits per heavy atom. The van der Waals surface area contributed by atoms with E-state index in [1.54, 1.807) is 6.07 Å². The van der Waals surface area contributed by atoms with Gasteiger partial charge in [0.25, 0.3) is 0 Å². The number of halogens is 1. The van der Waals surface area contributed by atoms with E-state index >= 15 is 0 Å². The number of carboxylic acid groups (broad SMARTS) is 1. The van der Waals surface area contributed by atoms with Gasteiger partial charge in [-0.25, -0.2) is 9.78 Å². The van der Waals surface area contributed by atoms with Crippen LogP contribution in [0.1, 0.15) is 59.8 Å². The highest BCUT2D eigenvalue weighted by atomic mass is 35.5. The summed E-state index contributed by atoms with van der Waals surface area (Å²) >= 11 is 6.42. The summed E-state index contributed by atoms with van der Waals surface area (Å²) in [6.45, 7) is 6.53. The minimum Gasteiger partial charge on any atom is -0.492 e. The van der Waals surface area contributed by atoms with Crippen molar-refractivity contribution < 1.29 is 19.4 Å². The average Bonchev–Trinajstić information content (AvgIpc) is 2.73. The number of benzene rings is 1. The number of pyridine rings is 1. The van der Waals surface area contributed by atoms with Gasteiger partial charge in [-0.05, 0) is 75.5 Å². The molecule has 2 heterocycles. The molecule has 0 aliphatic carbocycles. The van der Waals surface area contributed by atoms with Crippen LogP contribution in [0.25, 0.3) is 0 Å². The SMILES string of the molecule is CCOc1cc(Cc2cc(C(=O)O)c(N)nc2C2CCNCC2)cc(OCC)c1Cl. The van der Waals surface area contributed by atoms with E-state index in [2.05, 4.69) is 10.3 Å². The highest BCUT2D eigenvalue weighted by Crippen LogP contribution is 2.37. The molecule has 1 aliphatic rings. The fourth-order valence-electron chi connectivity index (χ4n) is 3.82. The van der Waals surface area contributed by atoms with Crippen LogP contribution in [0.2, 0.25) is 5.02 Å². The van der Waals surface area contributed by atoms with Crippen molar-refractivity contribution in [1.82, 2.24) is 10.3 Å². The van der Waals surface area contributed by atoms with Crippen LogP contribution in [0, 0.1) is 0 Å². The van der Waals surface area contributed by atoms with Crippen LogP contribution in [-0.4, -0.2) is 42.4 Å². The third-order valence-corrected chi connectivity index (χ3v) is 5.55. The molecule has 0 atom stereocenters. The standard InChI is InChI=1S/C22H28ClN3O4/c1-3-29-17-10-13(11-18(19(17)23)30-4-2)9-15-12-16(22(27)28)21(24)26-20(15)14-5-7-25-8-6-14/h10-12,14,25H,3-9H2,1-2H3,(H2,24,26)(H,27,28). The fraction of sp³-hybridized carbons (Fsp3) is 0.455. The van der Waals surface area contributed by atoms with Crippen LogP contribution in [0.15, 0.2) is 18.2 Å². The zero-order valence-corrected chi connectivity index (χ0v) is 18.1. The number of carbonyl (C=O) groups is 1. The number of nitrogens with one attached hydrogen (secondary N) is 1. The molecule has 0 saturated carbocycles. The number of aromatic nitrogens is 1. The molecule has 7 nitrogen and oxygen atoms in total. The number of nitrogens with two attached hydrogens (primary N) is 1. The maximum atomic E-state index is 11.6. The van der Waals surface area contributed by atoms with E-state index in [0.717, 1.165) is 42.8 Å². The Bertz CT molecular complexity index is 886. The third-order valence-electron chi connectivity index (χ3n) is 5.18. The summed E-state index contributed by atoms with van der Waals surface area (Å²) in [5.41, 5.74) is 8.61. The number of nitrogens with zero attached hydrogens (tertiary/aromatic N) is 1. The first-order chi connectivity index (χ1) is 14.4. The molecule has 1 aromatic carbocycles. The van der Waals surface area contributed by atoms with Gasteiger partial charge in [-0.1, -0.05) is 11.6 Å². The summed E-state index contributed by atoms with van der Waals surface area (Å²) in [6.07, 6.45) is 2.34. The number of hydrogen-bond donors (Lipinski definition) is 3. The second-order valence-electron chi connectivity index (χ2n) is 7.24. The van der Waals surface area contributed by atoms with E-state index in [4.69, 9.17) is 26.8 Å². The molecular weight excluding hydrogens is 406 g/mol. The molecule has 8 heteroatoms. The van der Waals surface area contributed by atoms with Crippen molar-refractivity contribution in [3.63, 3.8) is 0 Å². The van der Waals surface area contributed by atoms with Gasteiger partial charge in [0, 0.05) is 11.6 Å². The summed E-state index contributed by atoms with van der Waals surface area (Å²) in [4.78, 5) is 16.2. The Balaban J connectivity index is 2.05. The lowest BCUT2D eigenvalue weighted by atomic mass is 9.88. The number of ether oxygens (including phenoxy) is 2. The topological polar surface area (TPSA) is 107 Å². The molecule has 0 bridgehead atoms. The lowest BCUT2D eigenvalue weighted by molar-refractivity contribution is 0.0697. The Morgan fingerprint density at radius 3 is 2.33 bits per heavy atom. The second kappa shape index (κ2) is 10.00. The van der Waals surface area contributed by atoms with Gasteiger partial charge >= 0.3 is 5.97 Å². The first-order valence-electron chi connectivity index (χ1n) is 10.3. The molecule has 0 spiro atoms. The molecule has 3 rings (SSSR count). The molecule has 1 saturated heterocycles. The van der Waals surface area contributed by atoms with Crippen molar-refractivity contribution in [3.05, 3.63) is 45.6 Å². The van der Waals surface area contributed by atoms with Gasteiger partial charge in [0.1, 0.15) is 27.9 Å². The van der Waals surface area contributed by atoms with Crippen LogP contribution in [0.4, 0.5) is 5.82 Å². The molecule has 2 aromatic rings. The molecule has 1 aromatic heterocycles. The predicted molar refractivity (Wildman–Crippen MR) is 117 cm³/mol. The Hall–Kier alpha value is -2.51. The van der Waals surface area contributed by atoms with Crippen molar-refractivity contribution in [3.8, 4) is 11.5 Å². The molecule has 162 valence electrons. The zero-order chi connectivity index (χ0) is 21.7. The number of anilines is 1. The number of aromatic carboxylic acids is 1. The number of hydrogen-bond acceptors (Lipinski definition) is 6. The Morgan fingerprint density at radius 1 is 1.20 bits per heavy atom. The molecule has 1 fully saturated rings. The second-order valence-corrected chi connectivity index (χ2v) is 7.62. The van der Waals surface area contributed by atoms with Crippen LogP contribution in [0.3, 0.4) is 0 Å². The van der Waals surface area contributed by atoms with E-state index in [0.29, 0.717) is 36.2 Å². The van der Waals surface area contributed by atoms with Gasteiger partial charge in [-0.3, -0.25) is 0 Å². The minimum absolute atomic E-state index is 0.0201. The summed E-state index contributed by atoms with van der Waals surface area (Å²) in [5.74, 6) is 0.298. The van der Waals surface area contributed by atoms with Crippen LogP contribution >= 0.6 is 11.6 Å². The van der Waals surface area contributed by atoms with Gasteiger partial charge in [-0.2, -0.15) is 0 Å². The number of rotatable bonds is 8. The number of carboxylic acids is 1. The van der Waals surface area contributed by atoms with E-state index in [9.17, 15) is 9.90 Å². The monoisotopic (exact) mass is 433 g/mol. The quantitative estimate of drug-likeness (QED) is 0.580. The maximum absolute atomic E-state index is 11.6. The molecule has 4 N–H and O–H groups in total. The van der Waals surface area contributed by atoms with E-state index in [1.165, 1.54) is 0 Å². The van der Waals surface area contributed by atoms with Crippen molar-refractivity contribution in [1.29, 1.82) is 0 Å². The third kappa shape index (κ3) is 4.96. The minimum atomic E-state index is -1.08. The normalized spacial score (nSPS) is 14.5. The molecule has 30 heavy (non-hydrogen) atoms. The van der Waals surface area contributed by atoms with Gasteiger partial charge < -0.3 is 25.6 Å². The van der Waals surface area contributed by atoms with E-state index in [1.807, 2.05) is 26.0 Å². The summed E-state index contributed by atoms with van der Waals surface area (Å²) in [7, 11) is 0. The first-order valence-corrected chi connectivity index (χ1v) is 10.6. The highest BCUT2D eigenvalue weighted by molar-refractivity contribution is 6.33. The predicted octanol–water partition coefficient (Wildman–Crippen LogP) is 3.87. The maximum Gasteiger partial charge on any atom is 0.339 e. The number of nitrogen functional groups attached to an aromatic ring is 1. The summed E-state index contributed by atoms with van der Waals surface area (Å²) in [5, 5.41) is 13.3. The van der Waals surface area contributed by atoms with E-state index < -0.39 is 5.97 Å². The zero-order valence-electron chi connectivity index (χ0n) is 17.3. The Kier molecular flexibility index (Phi) is 7.39. The molecule has 1 aliphatic heterocycles. The largest absolute Gasteiger partial charge is 0.492 e. The van der Waals surface area contributed by atoms with Crippen molar-refractivity contribution in [2.24, 2.45) is 0 Å². The first kappa shape index (κ1) is 22.2. The van der Waals surface area contributed by atoms with Crippen LogP contribution in [0.5, 0.6) is 11.5 Å². The average molecular weight is 434 g/mol. The molecule has 0 radical (unpaired) electrons. The summed E-state index contributed by atoms with van der Waals surface area (Å²) < 4.78 is 11.4.